The van der Waals surface area contributed by atoms with Gasteiger partial charge >= 0.3 is 0 Å². The van der Waals surface area contributed by atoms with Crippen LogP contribution in [0, 0.1) is 35.5 Å². The number of allylic oxidation sites excluding steroid dienone is 2. The average molecular weight is 895 g/mol. The Morgan fingerprint density at radius 1 is 0.576 bits per heavy atom. The summed E-state index contributed by atoms with van der Waals surface area (Å²) >= 11 is 0. The highest BCUT2D eigenvalue weighted by atomic mass is 16.3. The topological polar surface area (TPSA) is 149 Å². The zero-order valence-corrected chi connectivity index (χ0v) is 38.4. The molecule has 0 spiro atoms. The Balaban J connectivity index is 0.000000166. The second-order valence-corrected chi connectivity index (χ2v) is 19.5. The minimum Gasteiger partial charge on any atom is -0.396 e. The summed E-state index contributed by atoms with van der Waals surface area (Å²) in [4.78, 5) is 58.1. The van der Waals surface area contributed by atoms with Crippen molar-refractivity contribution < 1.29 is 19.8 Å². The summed E-state index contributed by atoms with van der Waals surface area (Å²) < 4.78 is 3.75. The molecule has 4 N–H and O–H groups in total. The lowest BCUT2D eigenvalue weighted by Gasteiger charge is -2.32. The molecule has 66 heavy (non-hydrogen) atoms. The maximum absolute atomic E-state index is 13.6. The van der Waals surface area contributed by atoms with Crippen molar-refractivity contribution in [2.75, 3.05) is 36.9 Å². The Hall–Kier alpha value is -5.40. The van der Waals surface area contributed by atoms with Crippen molar-refractivity contribution in [1.82, 2.24) is 18.9 Å². The summed E-state index contributed by atoms with van der Waals surface area (Å²) in [5.74, 6) is 0.623. The molecule has 6 heterocycles. The van der Waals surface area contributed by atoms with E-state index in [1.165, 1.54) is 51.4 Å². The molecule has 2 aliphatic carbocycles. The molecule has 4 aromatic rings. The number of aliphatic hydroxyl groups is 2. The maximum atomic E-state index is 13.6. The van der Waals surface area contributed by atoms with Crippen LogP contribution in [0.15, 0.2) is 107 Å². The molecule has 12 heteroatoms. The normalized spacial score (nSPS) is 27.2. The molecule has 2 saturated heterocycles. The molecule has 4 fully saturated rings. The molecule has 10 rings (SSSR count). The molecule has 0 radical (unpaired) electrons. The molecule has 0 unspecified atom stereocenters. The van der Waals surface area contributed by atoms with E-state index >= 15 is 0 Å². The first-order chi connectivity index (χ1) is 32.2. The molecule has 6 aliphatic rings. The molecule has 0 bridgehead atoms. The molecule has 4 aliphatic heterocycles. The molecule has 2 aromatic carbocycles. The Morgan fingerprint density at radius 2 is 0.955 bits per heavy atom. The lowest BCUT2D eigenvalue weighted by molar-refractivity contribution is -0.123. The van der Waals surface area contributed by atoms with Crippen molar-refractivity contribution in [3.05, 3.63) is 140 Å². The van der Waals surface area contributed by atoms with Gasteiger partial charge in [0.15, 0.2) is 0 Å². The number of amides is 2. The van der Waals surface area contributed by atoms with Crippen LogP contribution in [0.25, 0.3) is 12.2 Å². The third-order valence-corrected chi connectivity index (χ3v) is 15.6. The van der Waals surface area contributed by atoms with Crippen LogP contribution < -0.4 is 21.8 Å². The van der Waals surface area contributed by atoms with Gasteiger partial charge < -0.3 is 30.0 Å². The highest BCUT2D eigenvalue weighted by molar-refractivity contribution is 5.96. The number of fused-ring (bicyclic) bond motifs is 6. The minimum atomic E-state index is -0.412. The molecule has 348 valence electrons. The van der Waals surface area contributed by atoms with Crippen molar-refractivity contribution in [3.8, 4) is 0 Å². The summed E-state index contributed by atoms with van der Waals surface area (Å²) in [6.45, 7) is 6.43. The summed E-state index contributed by atoms with van der Waals surface area (Å²) in [6, 6.07) is 26.1. The number of hydrogen-bond donors (Lipinski definition) is 4. The van der Waals surface area contributed by atoms with Gasteiger partial charge in [-0.2, -0.15) is 0 Å². The van der Waals surface area contributed by atoms with Gasteiger partial charge in [0.2, 0.25) is 11.8 Å². The van der Waals surface area contributed by atoms with Crippen LogP contribution in [0.3, 0.4) is 0 Å². The van der Waals surface area contributed by atoms with E-state index < -0.39 is 12.1 Å². The SMILES string of the molecule is C/C=C/c1ccc2n(c1=O)C[C@H]1[C@H](CO)[C@@H](C(=O)Nc3ccccc3)N(CC3CCCC3)[C@@H]21.C/C=C\c1ccc2n(c1=O)C[C@H]1[C@H](CO)[C@@H](C(=O)Nc3ccccc3)N(CC3CCCC3)[C@@H]21. The molecule has 2 aromatic heterocycles. The fraction of sp³-hybridized carbons (Fsp3) is 0.481. The van der Waals surface area contributed by atoms with Crippen LogP contribution >= 0.6 is 0 Å². The molecular weight excluding hydrogens is 829 g/mol. The number of carbonyl (C=O) groups is 2. The largest absolute Gasteiger partial charge is 0.396 e. The number of aromatic nitrogens is 2. The van der Waals surface area contributed by atoms with Crippen molar-refractivity contribution in [2.24, 2.45) is 35.5 Å². The van der Waals surface area contributed by atoms with Crippen molar-refractivity contribution >= 4 is 35.3 Å². The molecule has 2 saturated carbocycles. The van der Waals surface area contributed by atoms with E-state index in [4.69, 9.17) is 0 Å². The number of likely N-dealkylation sites (tertiary alicyclic amines) is 2. The van der Waals surface area contributed by atoms with Gasteiger partial charge in [-0.1, -0.05) is 86.4 Å². The van der Waals surface area contributed by atoms with Gasteiger partial charge in [0.05, 0.1) is 24.2 Å². The second kappa shape index (κ2) is 20.2. The molecular formula is C54H66N6O6. The van der Waals surface area contributed by atoms with Crippen molar-refractivity contribution in [3.63, 3.8) is 0 Å². The van der Waals surface area contributed by atoms with E-state index in [2.05, 4.69) is 32.6 Å². The monoisotopic (exact) mass is 895 g/mol. The van der Waals surface area contributed by atoms with E-state index in [0.717, 1.165) is 35.9 Å². The fourth-order valence-corrected chi connectivity index (χ4v) is 12.7. The Labute approximate surface area is 388 Å². The van der Waals surface area contributed by atoms with Gasteiger partial charge in [-0.25, -0.2) is 0 Å². The first kappa shape index (κ1) is 45.7. The predicted octanol–water partition coefficient (Wildman–Crippen LogP) is 7.35. The number of hydrogen-bond acceptors (Lipinski definition) is 8. The van der Waals surface area contributed by atoms with E-state index in [1.54, 1.807) is 0 Å². The lowest BCUT2D eigenvalue weighted by atomic mass is 9.88. The highest BCUT2D eigenvalue weighted by Gasteiger charge is 2.57. The highest BCUT2D eigenvalue weighted by Crippen LogP contribution is 2.52. The van der Waals surface area contributed by atoms with Gasteiger partial charge in [0, 0.05) is 97.0 Å². The zero-order chi connectivity index (χ0) is 45.9. The van der Waals surface area contributed by atoms with Gasteiger partial charge in [-0.05, 0) is 99.9 Å². The quantitative estimate of drug-likeness (QED) is 0.116. The number of carbonyl (C=O) groups excluding carboxylic acids is 2. The van der Waals surface area contributed by atoms with Gasteiger partial charge in [-0.15, -0.1) is 0 Å². The van der Waals surface area contributed by atoms with E-state index in [1.807, 2.05) is 120 Å². The number of pyridine rings is 2. The number of rotatable bonds is 12. The van der Waals surface area contributed by atoms with Gasteiger partial charge in [-0.3, -0.25) is 29.0 Å². The van der Waals surface area contributed by atoms with Crippen LogP contribution in [0.4, 0.5) is 11.4 Å². The number of nitrogens with zero attached hydrogens (tertiary/aromatic N) is 4. The zero-order valence-electron chi connectivity index (χ0n) is 38.4. The molecule has 12 nitrogen and oxygen atoms in total. The third-order valence-electron chi connectivity index (χ3n) is 15.6. The number of benzene rings is 2. The van der Waals surface area contributed by atoms with E-state index in [-0.39, 0.29) is 71.9 Å². The third kappa shape index (κ3) is 8.80. The average Bonchev–Trinajstić information content (AvgIpc) is 4.20. The van der Waals surface area contributed by atoms with Gasteiger partial charge in [0.25, 0.3) is 11.1 Å². The fourth-order valence-electron chi connectivity index (χ4n) is 12.7. The standard InChI is InChI=1S/2C27H33N3O3/c2*1-2-8-19-13-14-23-24-21(16-29(23)27(19)33)22(17-31)25(30(24)15-18-9-6-7-10-18)26(32)28-20-11-4-3-5-12-20/h2*2-5,8,11-14,18,21-22,24-25,31H,6-7,9-10,15-17H2,1H3,(H,28,32)/b8-2+;8-2-/t2*21-,22-,24+,25-/m00/s1. The summed E-state index contributed by atoms with van der Waals surface area (Å²) in [6.07, 6.45) is 17.1. The Bertz CT molecular complexity index is 2350. The number of nitrogens with one attached hydrogen (secondary N) is 2. The van der Waals surface area contributed by atoms with Crippen LogP contribution in [0.2, 0.25) is 0 Å². The maximum Gasteiger partial charge on any atom is 0.258 e. The lowest BCUT2D eigenvalue weighted by Crippen LogP contribution is -2.47. The summed E-state index contributed by atoms with van der Waals surface area (Å²) in [5.41, 5.74) is 4.89. The van der Waals surface area contributed by atoms with Gasteiger partial charge in [0.1, 0.15) is 0 Å². The molecule has 2 amide bonds. The van der Waals surface area contributed by atoms with Crippen LogP contribution in [0.1, 0.15) is 99.8 Å². The van der Waals surface area contributed by atoms with Crippen molar-refractivity contribution in [2.45, 2.75) is 102 Å². The summed E-state index contributed by atoms with van der Waals surface area (Å²) in [7, 11) is 0. The predicted molar refractivity (Wildman–Crippen MR) is 259 cm³/mol. The number of anilines is 2. The summed E-state index contributed by atoms with van der Waals surface area (Å²) in [5, 5.41) is 27.1. The Kier molecular flexibility index (Phi) is 14.0. The number of para-hydroxylation sites is 2. The smallest absolute Gasteiger partial charge is 0.258 e. The Morgan fingerprint density at radius 3 is 1.30 bits per heavy atom. The van der Waals surface area contributed by atoms with E-state index in [0.29, 0.717) is 36.1 Å². The van der Waals surface area contributed by atoms with Crippen LogP contribution in [-0.2, 0) is 22.7 Å². The van der Waals surface area contributed by atoms with Crippen molar-refractivity contribution in [1.29, 1.82) is 0 Å². The minimum absolute atomic E-state index is 0.0165. The number of aliphatic hydroxyl groups excluding tert-OH is 2. The molecule has 8 atom stereocenters. The first-order valence-corrected chi connectivity index (χ1v) is 24.4. The second-order valence-electron chi connectivity index (χ2n) is 19.5. The van der Waals surface area contributed by atoms with Crippen LogP contribution in [0.5, 0.6) is 0 Å². The van der Waals surface area contributed by atoms with Crippen LogP contribution in [-0.4, -0.2) is 79.3 Å². The van der Waals surface area contributed by atoms with E-state index in [9.17, 15) is 29.4 Å². The first-order valence-electron chi connectivity index (χ1n) is 24.4.